The maximum Gasteiger partial charge on any atom is 0.223 e. The molecule has 18 heavy (non-hydrogen) atoms. The molecule has 0 unspecified atom stereocenters. The van der Waals surface area contributed by atoms with Crippen LogP contribution in [0, 0.1) is 12.8 Å². The van der Waals surface area contributed by atoms with Gasteiger partial charge in [0, 0.05) is 13.0 Å². The van der Waals surface area contributed by atoms with Crippen molar-refractivity contribution in [1.29, 1.82) is 0 Å². The van der Waals surface area contributed by atoms with Crippen LogP contribution in [0.1, 0.15) is 30.7 Å². The zero-order valence-electron chi connectivity index (χ0n) is 11.2. The highest BCUT2D eigenvalue weighted by molar-refractivity contribution is 5.78. The number of hydrogen-bond donors (Lipinski definition) is 2. The molecule has 0 aromatic carbocycles. The fourth-order valence-electron chi connectivity index (χ4n) is 2.43. The SMILES string of the molecule is Cc1cc(CNC(=O)[C@@H]2CCCNCC2)n(C)n1. The van der Waals surface area contributed by atoms with Crippen LogP contribution in [0.25, 0.3) is 0 Å². The van der Waals surface area contributed by atoms with Gasteiger partial charge in [-0.1, -0.05) is 0 Å². The molecule has 100 valence electrons. The van der Waals surface area contributed by atoms with Crippen LogP contribution < -0.4 is 10.6 Å². The van der Waals surface area contributed by atoms with Gasteiger partial charge in [-0.3, -0.25) is 9.48 Å². The van der Waals surface area contributed by atoms with Gasteiger partial charge in [-0.15, -0.1) is 0 Å². The van der Waals surface area contributed by atoms with Gasteiger partial charge in [-0.2, -0.15) is 5.10 Å². The lowest BCUT2D eigenvalue weighted by Gasteiger charge is -2.13. The lowest BCUT2D eigenvalue weighted by molar-refractivity contribution is -0.125. The molecular formula is C13H22N4O. The van der Waals surface area contributed by atoms with E-state index in [1.807, 2.05) is 24.7 Å². The minimum absolute atomic E-state index is 0.161. The third-order valence-corrected chi connectivity index (χ3v) is 3.49. The Balaban J connectivity index is 1.85. The van der Waals surface area contributed by atoms with E-state index in [1.165, 1.54) is 0 Å². The van der Waals surface area contributed by atoms with E-state index in [0.29, 0.717) is 6.54 Å². The second-order valence-corrected chi connectivity index (χ2v) is 5.00. The number of carbonyl (C=O) groups is 1. The Morgan fingerprint density at radius 2 is 2.39 bits per heavy atom. The van der Waals surface area contributed by atoms with Crippen LogP contribution in [0.2, 0.25) is 0 Å². The number of carbonyl (C=O) groups excluding carboxylic acids is 1. The first-order valence-electron chi connectivity index (χ1n) is 6.65. The molecule has 1 aromatic heterocycles. The van der Waals surface area contributed by atoms with Gasteiger partial charge in [0.25, 0.3) is 0 Å². The average molecular weight is 250 g/mol. The zero-order chi connectivity index (χ0) is 13.0. The van der Waals surface area contributed by atoms with E-state index in [2.05, 4.69) is 15.7 Å². The molecule has 0 bridgehead atoms. The molecule has 2 N–H and O–H groups in total. The van der Waals surface area contributed by atoms with Crippen LogP contribution in [-0.4, -0.2) is 28.8 Å². The number of rotatable bonds is 3. The summed E-state index contributed by atoms with van der Waals surface area (Å²) in [7, 11) is 1.91. The smallest absolute Gasteiger partial charge is 0.223 e. The maximum atomic E-state index is 12.1. The van der Waals surface area contributed by atoms with Crippen LogP contribution in [0.15, 0.2) is 6.07 Å². The molecule has 1 atom stereocenters. The molecule has 0 aliphatic carbocycles. The minimum atomic E-state index is 0.161. The summed E-state index contributed by atoms with van der Waals surface area (Å²) in [6, 6.07) is 2.01. The fourth-order valence-corrected chi connectivity index (χ4v) is 2.43. The van der Waals surface area contributed by atoms with Crippen molar-refractivity contribution in [3.05, 3.63) is 17.5 Å². The van der Waals surface area contributed by atoms with E-state index >= 15 is 0 Å². The lowest BCUT2D eigenvalue weighted by Crippen LogP contribution is -2.31. The third-order valence-electron chi connectivity index (χ3n) is 3.49. The maximum absolute atomic E-state index is 12.1. The highest BCUT2D eigenvalue weighted by Crippen LogP contribution is 2.13. The number of aryl methyl sites for hydroxylation is 2. The molecular weight excluding hydrogens is 228 g/mol. The predicted molar refractivity (Wildman–Crippen MR) is 70.0 cm³/mol. The van der Waals surface area contributed by atoms with E-state index in [1.54, 1.807) is 0 Å². The molecule has 5 heteroatoms. The van der Waals surface area contributed by atoms with E-state index in [0.717, 1.165) is 43.7 Å². The van der Waals surface area contributed by atoms with Gasteiger partial charge in [-0.05, 0) is 45.3 Å². The molecule has 1 aliphatic rings. The second-order valence-electron chi connectivity index (χ2n) is 5.00. The zero-order valence-corrected chi connectivity index (χ0v) is 11.2. The monoisotopic (exact) mass is 250 g/mol. The van der Waals surface area contributed by atoms with Crippen molar-refractivity contribution in [1.82, 2.24) is 20.4 Å². The van der Waals surface area contributed by atoms with E-state index in [-0.39, 0.29) is 11.8 Å². The van der Waals surface area contributed by atoms with E-state index < -0.39 is 0 Å². The molecule has 0 saturated carbocycles. The Morgan fingerprint density at radius 1 is 1.56 bits per heavy atom. The van der Waals surface area contributed by atoms with Crippen molar-refractivity contribution in [2.75, 3.05) is 13.1 Å². The minimum Gasteiger partial charge on any atom is -0.350 e. The summed E-state index contributed by atoms with van der Waals surface area (Å²) in [4.78, 5) is 12.1. The van der Waals surface area contributed by atoms with Crippen LogP contribution >= 0.6 is 0 Å². The topological polar surface area (TPSA) is 59.0 Å². The normalized spacial score (nSPS) is 20.4. The van der Waals surface area contributed by atoms with Crippen molar-refractivity contribution >= 4 is 5.91 Å². The molecule has 5 nitrogen and oxygen atoms in total. The molecule has 2 heterocycles. The number of nitrogens with zero attached hydrogens (tertiary/aromatic N) is 2. The molecule has 0 radical (unpaired) electrons. The fraction of sp³-hybridized carbons (Fsp3) is 0.692. The van der Waals surface area contributed by atoms with Crippen molar-refractivity contribution in [2.24, 2.45) is 13.0 Å². The Hall–Kier alpha value is -1.36. The van der Waals surface area contributed by atoms with Gasteiger partial charge >= 0.3 is 0 Å². The quantitative estimate of drug-likeness (QED) is 0.831. The van der Waals surface area contributed by atoms with E-state index in [9.17, 15) is 4.79 Å². The van der Waals surface area contributed by atoms with Crippen molar-refractivity contribution in [3.63, 3.8) is 0 Å². The lowest BCUT2D eigenvalue weighted by atomic mass is 10.00. The third kappa shape index (κ3) is 3.32. The molecule has 1 fully saturated rings. The predicted octanol–water partition coefficient (Wildman–Crippen LogP) is 0.734. The Labute approximate surface area is 108 Å². The molecule has 1 aromatic rings. The first kappa shape index (κ1) is 13.1. The first-order valence-corrected chi connectivity index (χ1v) is 6.65. The van der Waals surface area contributed by atoms with Crippen molar-refractivity contribution < 1.29 is 4.79 Å². The largest absolute Gasteiger partial charge is 0.350 e. The summed E-state index contributed by atoms with van der Waals surface area (Å²) in [6.45, 7) is 4.51. The molecule has 1 aliphatic heterocycles. The molecule has 1 saturated heterocycles. The van der Waals surface area contributed by atoms with Gasteiger partial charge < -0.3 is 10.6 Å². The van der Waals surface area contributed by atoms with Gasteiger partial charge in [0.05, 0.1) is 17.9 Å². The highest BCUT2D eigenvalue weighted by atomic mass is 16.1. The summed E-state index contributed by atoms with van der Waals surface area (Å²) < 4.78 is 1.82. The van der Waals surface area contributed by atoms with Gasteiger partial charge in [-0.25, -0.2) is 0 Å². The highest BCUT2D eigenvalue weighted by Gasteiger charge is 2.19. The summed E-state index contributed by atoms with van der Waals surface area (Å²) in [5, 5.41) is 10.6. The van der Waals surface area contributed by atoms with Crippen LogP contribution in [0.3, 0.4) is 0 Å². The number of nitrogens with one attached hydrogen (secondary N) is 2. The van der Waals surface area contributed by atoms with Gasteiger partial charge in [0.2, 0.25) is 5.91 Å². The van der Waals surface area contributed by atoms with Crippen LogP contribution in [0.5, 0.6) is 0 Å². The van der Waals surface area contributed by atoms with Gasteiger partial charge in [0.1, 0.15) is 0 Å². The summed E-state index contributed by atoms with van der Waals surface area (Å²) >= 11 is 0. The Bertz CT molecular complexity index is 405. The summed E-state index contributed by atoms with van der Waals surface area (Å²) in [5.74, 6) is 0.340. The number of amides is 1. The Morgan fingerprint density at radius 3 is 3.11 bits per heavy atom. The van der Waals surface area contributed by atoms with Crippen LogP contribution in [0.4, 0.5) is 0 Å². The Kier molecular flexibility index (Phi) is 4.36. The average Bonchev–Trinajstić information content (AvgIpc) is 2.59. The molecule has 0 spiro atoms. The van der Waals surface area contributed by atoms with Gasteiger partial charge in [0.15, 0.2) is 0 Å². The molecule has 2 rings (SSSR count). The molecule has 1 amide bonds. The van der Waals surface area contributed by atoms with Crippen molar-refractivity contribution in [3.8, 4) is 0 Å². The van der Waals surface area contributed by atoms with Crippen LogP contribution in [-0.2, 0) is 18.4 Å². The standard InChI is InChI=1S/C13H22N4O/c1-10-8-12(17(2)16-10)9-15-13(18)11-4-3-6-14-7-5-11/h8,11,14H,3-7,9H2,1-2H3,(H,15,18)/t11-/m1/s1. The summed E-state index contributed by atoms with van der Waals surface area (Å²) in [5.41, 5.74) is 2.04. The van der Waals surface area contributed by atoms with Crippen molar-refractivity contribution in [2.45, 2.75) is 32.7 Å². The number of hydrogen-bond acceptors (Lipinski definition) is 3. The first-order chi connectivity index (χ1) is 8.66. The second kappa shape index (κ2) is 6.00. The van der Waals surface area contributed by atoms with E-state index in [4.69, 9.17) is 0 Å². The summed E-state index contributed by atoms with van der Waals surface area (Å²) in [6.07, 6.45) is 3.02. The number of aromatic nitrogens is 2.